The standard InChI is InChI=1S/C40H28OS/c1-24-11-8-18-31-32-19-9-12-25(2)37(32)38(36(24)31)30-16-7-6-15-28(30)27-21-22-35-34(23-27)39(41)33-20-10-17-29(40(33)42-35)26-13-4-3-5-14-26/h3-23,38H,1-2H3. The third-order valence-corrected chi connectivity index (χ3v) is 10.1. The van der Waals surface area contributed by atoms with Crippen LogP contribution in [0.4, 0.5) is 0 Å². The van der Waals surface area contributed by atoms with Gasteiger partial charge in [-0.2, -0.15) is 0 Å². The van der Waals surface area contributed by atoms with E-state index in [-0.39, 0.29) is 11.3 Å². The molecule has 1 aromatic heterocycles. The van der Waals surface area contributed by atoms with Crippen LogP contribution in [-0.4, -0.2) is 0 Å². The van der Waals surface area contributed by atoms with Crippen molar-refractivity contribution in [3.63, 3.8) is 0 Å². The minimum atomic E-state index is 0.0964. The molecule has 0 saturated carbocycles. The van der Waals surface area contributed by atoms with Crippen LogP contribution in [0.15, 0.2) is 132 Å². The van der Waals surface area contributed by atoms with Crippen molar-refractivity contribution in [2.45, 2.75) is 19.8 Å². The molecule has 0 spiro atoms. The summed E-state index contributed by atoms with van der Waals surface area (Å²) in [5.41, 5.74) is 13.9. The Kier molecular flexibility index (Phi) is 5.73. The first-order valence-corrected chi connectivity index (χ1v) is 15.3. The summed E-state index contributed by atoms with van der Waals surface area (Å²) in [6.45, 7) is 4.46. The molecule has 6 aromatic carbocycles. The van der Waals surface area contributed by atoms with Crippen LogP contribution in [-0.2, 0) is 0 Å². The Balaban J connectivity index is 1.34. The smallest absolute Gasteiger partial charge is 0.195 e. The molecule has 0 radical (unpaired) electrons. The van der Waals surface area contributed by atoms with Gasteiger partial charge in [0.1, 0.15) is 0 Å². The second kappa shape index (κ2) is 9.65. The van der Waals surface area contributed by atoms with Crippen LogP contribution in [0.2, 0.25) is 0 Å². The molecular weight excluding hydrogens is 529 g/mol. The molecule has 0 saturated heterocycles. The topological polar surface area (TPSA) is 17.1 Å². The third kappa shape index (κ3) is 3.72. The summed E-state index contributed by atoms with van der Waals surface area (Å²) in [5.74, 6) is 0.142. The van der Waals surface area contributed by atoms with Crippen LogP contribution in [0.25, 0.3) is 53.6 Å². The molecule has 0 amide bonds. The largest absolute Gasteiger partial charge is 0.289 e. The third-order valence-electron chi connectivity index (χ3n) is 8.88. The Morgan fingerprint density at radius 1 is 0.524 bits per heavy atom. The fourth-order valence-electron chi connectivity index (χ4n) is 6.95. The number of hydrogen-bond donors (Lipinski definition) is 0. The summed E-state index contributed by atoms with van der Waals surface area (Å²) >= 11 is 1.71. The van der Waals surface area contributed by atoms with Crippen LogP contribution in [0, 0.1) is 13.8 Å². The van der Waals surface area contributed by atoms with Gasteiger partial charge in [-0.3, -0.25) is 4.79 Å². The summed E-state index contributed by atoms with van der Waals surface area (Å²) in [6, 6.07) is 45.0. The first-order valence-electron chi connectivity index (χ1n) is 14.4. The molecule has 8 rings (SSSR count). The van der Waals surface area contributed by atoms with Crippen molar-refractivity contribution in [1.82, 2.24) is 0 Å². The van der Waals surface area contributed by atoms with E-state index in [1.54, 1.807) is 11.3 Å². The summed E-state index contributed by atoms with van der Waals surface area (Å²) in [7, 11) is 0. The molecule has 2 heteroatoms. The van der Waals surface area contributed by atoms with Gasteiger partial charge in [-0.05, 0) is 93.2 Å². The fourth-order valence-corrected chi connectivity index (χ4v) is 8.14. The van der Waals surface area contributed by atoms with E-state index in [4.69, 9.17) is 0 Å². The average molecular weight is 557 g/mol. The first kappa shape index (κ1) is 25.0. The van der Waals surface area contributed by atoms with E-state index in [0.717, 1.165) is 36.9 Å². The number of aryl methyl sites for hydroxylation is 2. The summed E-state index contributed by atoms with van der Waals surface area (Å²) in [6.07, 6.45) is 0. The molecule has 0 atom stereocenters. The molecule has 0 bridgehead atoms. The number of benzene rings is 6. The van der Waals surface area contributed by atoms with Crippen molar-refractivity contribution in [3.05, 3.63) is 165 Å². The molecule has 42 heavy (non-hydrogen) atoms. The SMILES string of the molecule is Cc1cccc2c1C(c1ccccc1-c1ccc3sc4c(-c5ccccc5)cccc4c(=O)c3c1)c1c(C)cccc1-2. The second-order valence-corrected chi connectivity index (χ2v) is 12.3. The van der Waals surface area contributed by atoms with Gasteiger partial charge in [0.05, 0.1) is 0 Å². The highest BCUT2D eigenvalue weighted by Crippen LogP contribution is 2.52. The van der Waals surface area contributed by atoms with Gasteiger partial charge in [-0.25, -0.2) is 0 Å². The molecule has 0 aliphatic heterocycles. The summed E-state index contributed by atoms with van der Waals surface area (Å²) < 4.78 is 2.06. The van der Waals surface area contributed by atoms with Gasteiger partial charge in [0.25, 0.3) is 0 Å². The highest BCUT2D eigenvalue weighted by atomic mass is 32.1. The predicted octanol–water partition coefficient (Wildman–Crippen LogP) is 10.5. The van der Waals surface area contributed by atoms with E-state index < -0.39 is 0 Å². The van der Waals surface area contributed by atoms with Crippen molar-refractivity contribution >= 4 is 31.5 Å². The minimum Gasteiger partial charge on any atom is -0.289 e. The van der Waals surface area contributed by atoms with E-state index >= 15 is 0 Å². The van der Waals surface area contributed by atoms with Crippen LogP contribution < -0.4 is 5.43 Å². The Hall–Kier alpha value is -4.79. The van der Waals surface area contributed by atoms with E-state index in [2.05, 4.69) is 111 Å². The highest BCUT2D eigenvalue weighted by Gasteiger charge is 2.33. The molecule has 7 aromatic rings. The maximum atomic E-state index is 14.0. The van der Waals surface area contributed by atoms with Crippen LogP contribution in [0.3, 0.4) is 0 Å². The lowest BCUT2D eigenvalue weighted by Gasteiger charge is -2.21. The van der Waals surface area contributed by atoms with Crippen LogP contribution >= 0.6 is 11.3 Å². The predicted molar refractivity (Wildman–Crippen MR) is 179 cm³/mol. The zero-order chi connectivity index (χ0) is 28.4. The minimum absolute atomic E-state index is 0.0964. The van der Waals surface area contributed by atoms with Crippen molar-refractivity contribution in [2.75, 3.05) is 0 Å². The van der Waals surface area contributed by atoms with Crippen LogP contribution in [0.1, 0.15) is 33.7 Å². The van der Waals surface area contributed by atoms with E-state index in [9.17, 15) is 4.79 Å². The van der Waals surface area contributed by atoms with Gasteiger partial charge >= 0.3 is 0 Å². The monoisotopic (exact) mass is 556 g/mol. The first-order chi connectivity index (χ1) is 20.6. The van der Waals surface area contributed by atoms with Gasteiger partial charge in [-0.15, -0.1) is 11.3 Å². The van der Waals surface area contributed by atoms with Crippen molar-refractivity contribution < 1.29 is 0 Å². The maximum absolute atomic E-state index is 14.0. The van der Waals surface area contributed by atoms with Gasteiger partial charge < -0.3 is 0 Å². The average Bonchev–Trinajstić information content (AvgIpc) is 3.38. The molecule has 0 unspecified atom stereocenters. The number of rotatable bonds is 3. The molecule has 0 fully saturated rings. The number of hydrogen-bond acceptors (Lipinski definition) is 2. The highest BCUT2D eigenvalue weighted by molar-refractivity contribution is 7.25. The van der Waals surface area contributed by atoms with Gasteiger partial charge in [0, 0.05) is 26.1 Å². The summed E-state index contributed by atoms with van der Waals surface area (Å²) in [5, 5.41) is 1.56. The Morgan fingerprint density at radius 2 is 1.14 bits per heavy atom. The molecule has 1 heterocycles. The van der Waals surface area contributed by atoms with Crippen molar-refractivity contribution in [2.24, 2.45) is 0 Å². The van der Waals surface area contributed by atoms with E-state index in [1.165, 1.54) is 44.5 Å². The normalized spacial score (nSPS) is 12.5. The number of fused-ring (bicyclic) bond motifs is 5. The van der Waals surface area contributed by atoms with Gasteiger partial charge in [0.2, 0.25) is 0 Å². The lowest BCUT2D eigenvalue weighted by atomic mass is 9.81. The lowest BCUT2D eigenvalue weighted by Crippen LogP contribution is -2.05. The Labute approximate surface area is 249 Å². The van der Waals surface area contributed by atoms with Crippen molar-refractivity contribution in [1.29, 1.82) is 0 Å². The van der Waals surface area contributed by atoms with E-state index in [1.807, 2.05) is 30.3 Å². The lowest BCUT2D eigenvalue weighted by molar-refractivity contribution is 0.988. The zero-order valence-corrected chi connectivity index (χ0v) is 24.3. The molecule has 200 valence electrons. The quantitative estimate of drug-likeness (QED) is 0.198. The zero-order valence-electron chi connectivity index (χ0n) is 23.5. The van der Waals surface area contributed by atoms with Crippen LogP contribution in [0.5, 0.6) is 0 Å². The molecule has 1 aliphatic carbocycles. The maximum Gasteiger partial charge on any atom is 0.195 e. The Bertz CT molecular complexity index is 2190. The second-order valence-electron chi connectivity index (χ2n) is 11.3. The molecule has 0 N–H and O–H groups in total. The van der Waals surface area contributed by atoms with Gasteiger partial charge in [0.15, 0.2) is 5.43 Å². The van der Waals surface area contributed by atoms with Gasteiger partial charge in [-0.1, -0.05) is 109 Å². The fraction of sp³-hybridized carbons (Fsp3) is 0.0750. The van der Waals surface area contributed by atoms with Crippen molar-refractivity contribution in [3.8, 4) is 33.4 Å². The summed E-state index contributed by atoms with van der Waals surface area (Å²) in [4.78, 5) is 14.0. The molecule has 1 aliphatic rings. The Morgan fingerprint density at radius 3 is 1.88 bits per heavy atom. The van der Waals surface area contributed by atoms with E-state index in [0.29, 0.717) is 0 Å². The molecular formula is C40H28OS. The molecule has 1 nitrogen and oxygen atoms in total.